The molecule has 1 aliphatic heterocycles. The van der Waals surface area contributed by atoms with Crippen LogP contribution in [-0.4, -0.2) is 36.8 Å². The molecule has 1 aromatic heterocycles. The zero-order valence-corrected chi connectivity index (χ0v) is 23.0. The van der Waals surface area contributed by atoms with Gasteiger partial charge in [-0.2, -0.15) is 0 Å². The van der Waals surface area contributed by atoms with E-state index < -0.39 is 0 Å². The molecule has 0 fully saturated rings. The number of nitrogens with zero attached hydrogens (tertiary/aromatic N) is 2. The number of methoxy groups -OCH3 is 2. The van der Waals surface area contributed by atoms with E-state index in [0.29, 0.717) is 25.3 Å². The Morgan fingerprint density at radius 1 is 1.00 bits per heavy atom. The van der Waals surface area contributed by atoms with Gasteiger partial charge in [-0.25, -0.2) is 4.98 Å². The number of hydrogen-bond donors (Lipinski definition) is 1. The lowest BCUT2D eigenvalue weighted by atomic mass is 10.1. The van der Waals surface area contributed by atoms with Crippen molar-refractivity contribution in [3.63, 3.8) is 0 Å². The summed E-state index contributed by atoms with van der Waals surface area (Å²) in [5, 5.41) is 5.71. The molecule has 0 saturated heterocycles. The summed E-state index contributed by atoms with van der Waals surface area (Å²) >= 11 is 1.48. The normalized spacial score (nSPS) is 12.8. The van der Waals surface area contributed by atoms with Crippen LogP contribution in [0.1, 0.15) is 45.2 Å². The van der Waals surface area contributed by atoms with Crippen molar-refractivity contribution in [1.82, 2.24) is 15.2 Å². The number of rotatable bonds is 11. The number of benzene rings is 3. The number of thiazole rings is 1. The molecule has 0 aliphatic carbocycles. The second-order valence-corrected chi connectivity index (χ2v) is 10.2. The highest BCUT2D eigenvalue weighted by molar-refractivity contribution is 7.09. The number of carbonyl (C=O) groups is 1. The van der Waals surface area contributed by atoms with Crippen molar-refractivity contribution < 1.29 is 23.7 Å². The molecule has 1 unspecified atom stereocenters. The summed E-state index contributed by atoms with van der Waals surface area (Å²) in [6, 6.07) is 21.6. The molecule has 1 amide bonds. The summed E-state index contributed by atoms with van der Waals surface area (Å²) in [5.41, 5.74) is 3.57. The Kier molecular flexibility index (Phi) is 8.29. The smallest absolute Gasteiger partial charge is 0.271 e. The number of hydrogen-bond acceptors (Lipinski definition) is 8. The van der Waals surface area contributed by atoms with Crippen LogP contribution in [0.25, 0.3) is 0 Å². The van der Waals surface area contributed by atoms with Crippen molar-refractivity contribution in [2.75, 3.05) is 21.0 Å². The van der Waals surface area contributed by atoms with Gasteiger partial charge in [0.25, 0.3) is 5.91 Å². The first-order chi connectivity index (χ1) is 19.0. The van der Waals surface area contributed by atoms with Gasteiger partial charge in [0, 0.05) is 30.1 Å². The number of aromatic nitrogens is 1. The average molecular weight is 546 g/mol. The van der Waals surface area contributed by atoms with Gasteiger partial charge in [-0.1, -0.05) is 42.5 Å². The van der Waals surface area contributed by atoms with E-state index in [4.69, 9.17) is 18.9 Å². The second kappa shape index (κ2) is 12.2. The summed E-state index contributed by atoms with van der Waals surface area (Å²) in [6.07, 6.45) is 0. The van der Waals surface area contributed by atoms with E-state index >= 15 is 0 Å². The largest absolute Gasteiger partial charge is 0.497 e. The van der Waals surface area contributed by atoms with Crippen molar-refractivity contribution in [3.8, 4) is 23.0 Å². The lowest BCUT2D eigenvalue weighted by Crippen LogP contribution is -2.27. The number of amides is 1. The first-order valence-corrected chi connectivity index (χ1v) is 13.5. The van der Waals surface area contributed by atoms with Crippen molar-refractivity contribution in [2.45, 2.75) is 32.6 Å². The molecule has 8 nitrogen and oxygen atoms in total. The molecular weight excluding hydrogens is 514 g/mol. The maximum atomic E-state index is 12.9. The van der Waals surface area contributed by atoms with Crippen molar-refractivity contribution in [1.29, 1.82) is 0 Å². The lowest BCUT2D eigenvalue weighted by molar-refractivity contribution is 0.0935. The molecule has 0 saturated carbocycles. The van der Waals surface area contributed by atoms with Crippen LogP contribution in [-0.2, 0) is 19.6 Å². The summed E-state index contributed by atoms with van der Waals surface area (Å²) < 4.78 is 22.1. The molecule has 0 radical (unpaired) electrons. The molecule has 0 bridgehead atoms. The Morgan fingerprint density at radius 3 is 2.62 bits per heavy atom. The third kappa shape index (κ3) is 6.50. The summed E-state index contributed by atoms with van der Waals surface area (Å²) in [7, 11) is 3.29. The Balaban J connectivity index is 1.33. The molecule has 0 spiro atoms. The monoisotopic (exact) mass is 545 g/mol. The standard InChI is InChI=1S/C30H31N3O5S/c1-20(22-7-5-4-6-8-22)31-30(34)25-18-39-29(32-25)17-33(15-21-9-12-26-28(13-21)38-19-37-26)16-23-10-11-24(35-2)14-27(23)36-3/h4-14,18,20H,15-17,19H2,1-3H3,(H,31,34). The minimum atomic E-state index is -0.187. The van der Waals surface area contributed by atoms with Gasteiger partial charge in [0.15, 0.2) is 11.5 Å². The van der Waals surface area contributed by atoms with E-state index in [0.717, 1.165) is 44.7 Å². The maximum Gasteiger partial charge on any atom is 0.271 e. The SMILES string of the molecule is COc1ccc(CN(Cc2ccc3c(c2)OCO3)Cc2nc(C(=O)NC(C)c3ccccc3)cs2)c(OC)c1. The molecule has 3 aromatic carbocycles. The summed E-state index contributed by atoms with van der Waals surface area (Å²) in [5.74, 6) is 2.79. The topological polar surface area (TPSA) is 82.2 Å². The zero-order chi connectivity index (χ0) is 27.2. The maximum absolute atomic E-state index is 12.9. The van der Waals surface area contributed by atoms with Crippen LogP contribution in [0.3, 0.4) is 0 Å². The quantitative estimate of drug-likeness (QED) is 0.263. The molecule has 1 N–H and O–H groups in total. The number of carbonyl (C=O) groups excluding carboxylic acids is 1. The Morgan fingerprint density at radius 2 is 1.82 bits per heavy atom. The predicted octanol–water partition coefficient (Wildman–Crippen LogP) is 5.58. The molecule has 39 heavy (non-hydrogen) atoms. The van der Waals surface area contributed by atoms with E-state index in [9.17, 15) is 4.79 Å². The van der Waals surface area contributed by atoms with Crippen LogP contribution in [0.5, 0.6) is 23.0 Å². The zero-order valence-electron chi connectivity index (χ0n) is 22.2. The summed E-state index contributed by atoms with van der Waals surface area (Å²) in [6.45, 7) is 4.00. The van der Waals surface area contributed by atoms with Gasteiger partial charge in [-0.05, 0) is 36.2 Å². The van der Waals surface area contributed by atoms with Crippen molar-refractivity contribution in [2.24, 2.45) is 0 Å². The van der Waals surface area contributed by atoms with E-state index in [-0.39, 0.29) is 18.7 Å². The van der Waals surface area contributed by atoms with Crippen LogP contribution in [0.2, 0.25) is 0 Å². The molecular formula is C30H31N3O5S. The Bertz CT molecular complexity index is 1430. The third-order valence-corrected chi connectivity index (χ3v) is 7.36. The third-order valence-electron chi connectivity index (χ3n) is 6.52. The first-order valence-electron chi connectivity index (χ1n) is 12.6. The average Bonchev–Trinajstić information content (AvgIpc) is 3.63. The van der Waals surface area contributed by atoms with Crippen LogP contribution < -0.4 is 24.3 Å². The lowest BCUT2D eigenvalue weighted by Gasteiger charge is -2.23. The minimum absolute atomic E-state index is 0.117. The highest BCUT2D eigenvalue weighted by Gasteiger charge is 2.19. The fourth-order valence-corrected chi connectivity index (χ4v) is 5.28. The number of nitrogens with one attached hydrogen (secondary N) is 1. The fourth-order valence-electron chi connectivity index (χ4n) is 4.46. The molecule has 9 heteroatoms. The van der Waals surface area contributed by atoms with E-state index in [1.807, 2.05) is 79.0 Å². The fraction of sp³-hybridized carbons (Fsp3) is 0.267. The number of fused-ring (bicyclic) bond motifs is 1. The molecule has 5 rings (SSSR count). The van der Waals surface area contributed by atoms with Crippen molar-refractivity contribution >= 4 is 17.2 Å². The Labute approximate surface area is 232 Å². The number of ether oxygens (including phenoxy) is 4. The first kappa shape index (κ1) is 26.5. The predicted molar refractivity (Wildman–Crippen MR) is 149 cm³/mol. The highest BCUT2D eigenvalue weighted by Crippen LogP contribution is 2.33. The van der Waals surface area contributed by atoms with Crippen LogP contribution in [0.15, 0.2) is 72.1 Å². The molecule has 202 valence electrons. The molecule has 1 aliphatic rings. The van der Waals surface area contributed by atoms with Gasteiger partial charge in [0.2, 0.25) is 6.79 Å². The van der Waals surface area contributed by atoms with E-state index in [1.165, 1.54) is 11.3 Å². The Hall–Kier alpha value is -4.08. The second-order valence-electron chi connectivity index (χ2n) is 9.24. The molecule has 1 atom stereocenters. The summed E-state index contributed by atoms with van der Waals surface area (Å²) in [4.78, 5) is 19.9. The minimum Gasteiger partial charge on any atom is -0.497 e. The van der Waals surface area contributed by atoms with Crippen LogP contribution >= 0.6 is 11.3 Å². The van der Waals surface area contributed by atoms with Gasteiger partial charge in [-0.15, -0.1) is 11.3 Å². The van der Waals surface area contributed by atoms with Gasteiger partial charge >= 0.3 is 0 Å². The van der Waals surface area contributed by atoms with Gasteiger partial charge in [-0.3, -0.25) is 9.69 Å². The molecule has 2 heterocycles. The highest BCUT2D eigenvalue weighted by atomic mass is 32.1. The van der Waals surface area contributed by atoms with Gasteiger partial charge < -0.3 is 24.3 Å². The van der Waals surface area contributed by atoms with E-state index in [1.54, 1.807) is 14.2 Å². The van der Waals surface area contributed by atoms with E-state index in [2.05, 4.69) is 15.2 Å². The van der Waals surface area contributed by atoms with Gasteiger partial charge in [0.05, 0.1) is 26.8 Å². The van der Waals surface area contributed by atoms with Crippen molar-refractivity contribution in [3.05, 3.63) is 99.5 Å². The van der Waals surface area contributed by atoms with Gasteiger partial charge in [0.1, 0.15) is 22.2 Å². The molecule has 4 aromatic rings. The van der Waals surface area contributed by atoms with Crippen LogP contribution in [0.4, 0.5) is 0 Å². The van der Waals surface area contributed by atoms with Crippen LogP contribution in [0, 0.1) is 0 Å².